The van der Waals surface area contributed by atoms with E-state index >= 15 is 0 Å². The van der Waals surface area contributed by atoms with Crippen LogP contribution in [0.3, 0.4) is 0 Å². The first kappa shape index (κ1) is 14.1. The molecule has 0 aliphatic carbocycles. The first-order valence-electron chi connectivity index (χ1n) is 6.05. The maximum absolute atomic E-state index is 13.0. The quantitative estimate of drug-likeness (QED) is 0.629. The molecule has 2 nitrogen and oxygen atoms in total. The molecule has 0 bridgehead atoms. The van der Waals surface area contributed by atoms with Crippen LogP contribution in [0.2, 0.25) is 0 Å². The molecule has 0 aliphatic rings. The van der Waals surface area contributed by atoms with Crippen LogP contribution in [0.25, 0.3) is 0 Å². The van der Waals surface area contributed by atoms with Gasteiger partial charge in [-0.25, -0.2) is 8.78 Å². The van der Waals surface area contributed by atoms with E-state index in [2.05, 4.69) is 0 Å². The smallest absolute Gasteiger partial charge is 0.170 e. The number of hydrogen-bond donors (Lipinski definition) is 0. The van der Waals surface area contributed by atoms with Crippen LogP contribution in [-0.2, 0) is 0 Å². The molecule has 0 spiro atoms. The first-order valence-corrected chi connectivity index (χ1v) is 6.05. The largest absolute Gasteiger partial charge is 0.294 e. The van der Waals surface area contributed by atoms with Gasteiger partial charge in [0.1, 0.15) is 11.6 Å². The number of halogens is 2. The fourth-order valence-electron chi connectivity index (χ4n) is 1.80. The van der Waals surface area contributed by atoms with Crippen LogP contribution in [0.4, 0.5) is 8.78 Å². The van der Waals surface area contributed by atoms with Crippen LogP contribution >= 0.6 is 0 Å². The van der Waals surface area contributed by atoms with Crippen molar-refractivity contribution in [3.63, 3.8) is 0 Å². The Morgan fingerprint density at radius 2 is 1.35 bits per heavy atom. The Morgan fingerprint density at radius 1 is 0.850 bits per heavy atom. The summed E-state index contributed by atoms with van der Waals surface area (Å²) in [5.41, 5.74) is 1.27. The van der Waals surface area contributed by atoms with E-state index in [0.717, 1.165) is 17.7 Å². The summed E-state index contributed by atoms with van der Waals surface area (Å²) >= 11 is 0. The van der Waals surface area contributed by atoms with Crippen LogP contribution in [0.1, 0.15) is 32.7 Å². The van der Waals surface area contributed by atoms with E-state index in [1.807, 2.05) is 6.92 Å². The topological polar surface area (TPSA) is 34.1 Å². The highest BCUT2D eigenvalue weighted by Gasteiger charge is 2.15. The molecule has 0 atom stereocenters. The zero-order chi connectivity index (χ0) is 14.7. The molecule has 0 amide bonds. The lowest BCUT2D eigenvalue weighted by atomic mass is 10.0. The summed E-state index contributed by atoms with van der Waals surface area (Å²) in [5.74, 6) is -2.65. The molecule has 2 rings (SSSR count). The number of aryl methyl sites for hydroxylation is 1. The fourth-order valence-corrected chi connectivity index (χ4v) is 1.80. The molecule has 0 N–H and O–H groups in total. The fraction of sp³-hybridized carbons (Fsp3) is 0.125. The Kier molecular flexibility index (Phi) is 4.03. The molecule has 0 saturated carbocycles. The molecular weight excluding hydrogens is 262 g/mol. The normalized spacial score (nSPS) is 10.3. The Labute approximate surface area is 115 Å². The second-order valence-corrected chi connectivity index (χ2v) is 4.55. The Bertz CT molecular complexity index is 640. The molecule has 102 valence electrons. The van der Waals surface area contributed by atoms with E-state index in [1.54, 1.807) is 24.3 Å². The monoisotopic (exact) mass is 274 g/mol. The zero-order valence-corrected chi connectivity index (χ0v) is 10.8. The lowest BCUT2D eigenvalue weighted by Crippen LogP contribution is -2.09. The molecule has 2 aromatic rings. The minimum absolute atomic E-state index is 0.136. The molecule has 0 fully saturated rings. The number of hydrogen-bond acceptors (Lipinski definition) is 2. The predicted molar refractivity (Wildman–Crippen MR) is 70.8 cm³/mol. The summed E-state index contributed by atoms with van der Waals surface area (Å²) in [7, 11) is 0. The molecule has 20 heavy (non-hydrogen) atoms. The Balaban J connectivity index is 2.15. The number of carbonyl (C=O) groups excluding carboxylic acids is 2. The number of rotatable bonds is 4. The van der Waals surface area contributed by atoms with Gasteiger partial charge in [0, 0.05) is 17.2 Å². The zero-order valence-electron chi connectivity index (χ0n) is 10.8. The molecule has 0 aromatic heterocycles. The predicted octanol–water partition coefficient (Wildman–Crippen LogP) is 3.73. The maximum Gasteiger partial charge on any atom is 0.170 e. The molecule has 4 heteroatoms. The SMILES string of the molecule is Cc1ccc(C(=O)CC(=O)c2cc(F)cc(F)c2)cc1. The van der Waals surface area contributed by atoms with Crippen LogP contribution < -0.4 is 0 Å². The molecule has 0 radical (unpaired) electrons. The van der Waals surface area contributed by atoms with Gasteiger partial charge in [-0.05, 0) is 19.1 Å². The van der Waals surface area contributed by atoms with E-state index < -0.39 is 23.8 Å². The summed E-state index contributed by atoms with van der Waals surface area (Å²) < 4.78 is 26.0. The standard InChI is InChI=1S/C16H12F2O2/c1-10-2-4-11(5-3-10)15(19)9-16(20)12-6-13(17)8-14(18)7-12/h2-8H,9H2,1H3. The van der Waals surface area contributed by atoms with Crippen molar-refractivity contribution in [2.24, 2.45) is 0 Å². The van der Waals surface area contributed by atoms with E-state index in [9.17, 15) is 18.4 Å². The number of ketones is 2. The van der Waals surface area contributed by atoms with Gasteiger partial charge >= 0.3 is 0 Å². The van der Waals surface area contributed by atoms with Gasteiger partial charge in [-0.15, -0.1) is 0 Å². The Hall–Kier alpha value is -2.36. The highest BCUT2D eigenvalue weighted by Crippen LogP contribution is 2.13. The molecule has 0 unspecified atom stereocenters. The van der Waals surface area contributed by atoms with Gasteiger partial charge in [-0.1, -0.05) is 29.8 Å². The maximum atomic E-state index is 13.0. The summed E-state index contributed by atoms with van der Waals surface area (Å²) in [6.07, 6.45) is -0.411. The van der Waals surface area contributed by atoms with E-state index in [0.29, 0.717) is 11.6 Å². The molecule has 2 aromatic carbocycles. The second kappa shape index (κ2) is 5.74. The van der Waals surface area contributed by atoms with E-state index in [-0.39, 0.29) is 11.3 Å². The van der Waals surface area contributed by atoms with E-state index in [1.165, 1.54) is 0 Å². The van der Waals surface area contributed by atoms with Gasteiger partial charge in [0.15, 0.2) is 11.6 Å². The molecule has 0 aliphatic heterocycles. The van der Waals surface area contributed by atoms with Gasteiger partial charge in [0.05, 0.1) is 6.42 Å². The van der Waals surface area contributed by atoms with Crippen molar-refractivity contribution in [1.82, 2.24) is 0 Å². The highest BCUT2D eigenvalue weighted by molar-refractivity contribution is 6.13. The van der Waals surface area contributed by atoms with Crippen molar-refractivity contribution in [2.45, 2.75) is 13.3 Å². The van der Waals surface area contributed by atoms with Crippen molar-refractivity contribution >= 4 is 11.6 Å². The van der Waals surface area contributed by atoms with Gasteiger partial charge in [-0.3, -0.25) is 9.59 Å². The average molecular weight is 274 g/mol. The molecular formula is C16H12F2O2. The third kappa shape index (κ3) is 3.35. The summed E-state index contributed by atoms with van der Waals surface area (Å²) in [6, 6.07) is 9.30. The van der Waals surface area contributed by atoms with E-state index in [4.69, 9.17) is 0 Å². The van der Waals surface area contributed by atoms with Gasteiger partial charge in [-0.2, -0.15) is 0 Å². The minimum atomic E-state index is -0.837. The molecule has 0 saturated heterocycles. The number of Topliss-reactive ketones (excluding diaryl/α,β-unsaturated/α-hetero) is 2. The van der Waals surface area contributed by atoms with Crippen LogP contribution in [0.15, 0.2) is 42.5 Å². The van der Waals surface area contributed by atoms with Crippen molar-refractivity contribution in [3.8, 4) is 0 Å². The second-order valence-electron chi connectivity index (χ2n) is 4.55. The minimum Gasteiger partial charge on any atom is -0.294 e. The highest BCUT2D eigenvalue weighted by atomic mass is 19.1. The first-order chi connectivity index (χ1) is 9.45. The van der Waals surface area contributed by atoms with Crippen molar-refractivity contribution in [2.75, 3.05) is 0 Å². The summed E-state index contributed by atoms with van der Waals surface area (Å²) in [4.78, 5) is 23.7. The van der Waals surface area contributed by atoms with Crippen molar-refractivity contribution in [3.05, 3.63) is 70.8 Å². The van der Waals surface area contributed by atoms with Crippen LogP contribution in [0, 0.1) is 18.6 Å². The average Bonchev–Trinajstić information content (AvgIpc) is 2.38. The lowest BCUT2D eigenvalue weighted by Gasteiger charge is -2.03. The van der Waals surface area contributed by atoms with Crippen LogP contribution in [-0.4, -0.2) is 11.6 Å². The third-order valence-corrected chi connectivity index (χ3v) is 2.88. The van der Waals surface area contributed by atoms with Gasteiger partial charge < -0.3 is 0 Å². The summed E-state index contributed by atoms with van der Waals surface area (Å²) in [5, 5.41) is 0. The summed E-state index contributed by atoms with van der Waals surface area (Å²) in [6.45, 7) is 1.88. The van der Waals surface area contributed by atoms with Gasteiger partial charge in [0.25, 0.3) is 0 Å². The molecule has 0 heterocycles. The van der Waals surface area contributed by atoms with Crippen LogP contribution in [0.5, 0.6) is 0 Å². The van der Waals surface area contributed by atoms with Crippen molar-refractivity contribution < 1.29 is 18.4 Å². The third-order valence-electron chi connectivity index (χ3n) is 2.88. The number of benzene rings is 2. The lowest BCUT2D eigenvalue weighted by molar-refractivity contribution is 0.0893. The van der Waals surface area contributed by atoms with Crippen molar-refractivity contribution in [1.29, 1.82) is 0 Å². The Morgan fingerprint density at radius 3 is 1.90 bits per heavy atom. The van der Waals surface area contributed by atoms with Gasteiger partial charge in [0.2, 0.25) is 0 Å². The number of carbonyl (C=O) groups is 2.